The highest BCUT2D eigenvalue weighted by Crippen LogP contribution is 2.27. The first-order valence-electron chi connectivity index (χ1n) is 8.99. The number of oxazole rings is 1. The topological polar surface area (TPSA) is 61.6 Å². The van der Waals surface area contributed by atoms with Crippen LogP contribution in [0.3, 0.4) is 0 Å². The van der Waals surface area contributed by atoms with E-state index in [0.29, 0.717) is 23.9 Å². The highest BCUT2D eigenvalue weighted by molar-refractivity contribution is 5.69. The molecule has 0 radical (unpaired) electrons. The minimum Gasteiger partial charge on any atom is -0.497 e. The number of hydrogen-bond donors (Lipinski definition) is 0. The molecule has 134 valence electrons. The lowest BCUT2D eigenvalue weighted by Gasteiger charge is -2.20. The Bertz CT molecular complexity index is 671. The van der Waals surface area contributed by atoms with Crippen molar-refractivity contribution in [3.05, 3.63) is 36.2 Å². The van der Waals surface area contributed by atoms with Crippen LogP contribution in [0.2, 0.25) is 0 Å². The number of benzene rings is 1. The largest absolute Gasteiger partial charge is 0.497 e. The molecule has 0 bridgehead atoms. The van der Waals surface area contributed by atoms with Gasteiger partial charge in [0.15, 0.2) is 0 Å². The predicted molar refractivity (Wildman–Crippen MR) is 94.1 cm³/mol. The smallest absolute Gasteiger partial charge is 0.306 e. The summed E-state index contributed by atoms with van der Waals surface area (Å²) in [6.07, 6.45) is 9.41. The van der Waals surface area contributed by atoms with E-state index in [1.807, 2.05) is 24.3 Å². The second-order valence-corrected chi connectivity index (χ2v) is 6.58. The number of esters is 1. The lowest BCUT2D eigenvalue weighted by atomic mass is 9.86. The van der Waals surface area contributed by atoms with E-state index in [9.17, 15) is 4.79 Å². The Hall–Kier alpha value is -2.30. The fraction of sp³-hybridized carbons (Fsp3) is 0.500. The minimum absolute atomic E-state index is 0.153. The van der Waals surface area contributed by atoms with Gasteiger partial charge in [0.1, 0.15) is 24.3 Å². The third-order valence-electron chi connectivity index (χ3n) is 4.75. The maximum Gasteiger partial charge on any atom is 0.306 e. The molecule has 0 unspecified atom stereocenters. The normalized spacial score (nSPS) is 15.1. The summed E-state index contributed by atoms with van der Waals surface area (Å²) in [6, 6.07) is 7.46. The van der Waals surface area contributed by atoms with Crippen molar-refractivity contribution < 1.29 is 18.7 Å². The molecule has 5 nitrogen and oxygen atoms in total. The molecule has 0 atom stereocenters. The van der Waals surface area contributed by atoms with E-state index in [0.717, 1.165) is 17.7 Å². The number of hydrogen-bond acceptors (Lipinski definition) is 5. The third-order valence-corrected chi connectivity index (χ3v) is 4.75. The summed E-state index contributed by atoms with van der Waals surface area (Å²) >= 11 is 0. The van der Waals surface area contributed by atoms with Crippen molar-refractivity contribution in [3.63, 3.8) is 0 Å². The second-order valence-electron chi connectivity index (χ2n) is 6.58. The number of nitrogens with zero attached hydrogens (tertiary/aromatic N) is 1. The maximum atomic E-state index is 11.9. The van der Waals surface area contributed by atoms with Crippen LogP contribution < -0.4 is 4.74 Å². The van der Waals surface area contributed by atoms with Crippen LogP contribution in [-0.2, 0) is 16.1 Å². The fourth-order valence-corrected chi connectivity index (χ4v) is 3.26. The van der Waals surface area contributed by atoms with Gasteiger partial charge < -0.3 is 13.9 Å². The monoisotopic (exact) mass is 343 g/mol. The Kier molecular flexibility index (Phi) is 6.09. The van der Waals surface area contributed by atoms with Crippen LogP contribution in [0.15, 0.2) is 34.9 Å². The van der Waals surface area contributed by atoms with Gasteiger partial charge in [-0.05, 0) is 36.6 Å². The molecule has 0 spiro atoms. The van der Waals surface area contributed by atoms with Gasteiger partial charge in [-0.2, -0.15) is 0 Å². The van der Waals surface area contributed by atoms with Crippen molar-refractivity contribution in [2.45, 2.75) is 51.6 Å². The van der Waals surface area contributed by atoms with E-state index in [4.69, 9.17) is 13.9 Å². The minimum atomic E-state index is -0.153. The molecule has 2 aromatic rings. The molecule has 0 amide bonds. The summed E-state index contributed by atoms with van der Waals surface area (Å²) in [5.74, 6) is 1.83. The Morgan fingerprint density at radius 3 is 2.68 bits per heavy atom. The van der Waals surface area contributed by atoms with Crippen LogP contribution >= 0.6 is 0 Å². The van der Waals surface area contributed by atoms with Crippen LogP contribution in [0.4, 0.5) is 0 Å². The average Bonchev–Trinajstić information content (AvgIpc) is 3.14. The van der Waals surface area contributed by atoms with Crippen molar-refractivity contribution >= 4 is 5.97 Å². The first-order chi connectivity index (χ1) is 12.2. The van der Waals surface area contributed by atoms with Crippen molar-refractivity contribution in [2.75, 3.05) is 7.11 Å². The highest BCUT2D eigenvalue weighted by Gasteiger charge is 2.16. The van der Waals surface area contributed by atoms with E-state index in [-0.39, 0.29) is 12.6 Å². The van der Waals surface area contributed by atoms with E-state index >= 15 is 0 Å². The van der Waals surface area contributed by atoms with Crippen LogP contribution in [0.1, 0.15) is 50.6 Å². The number of carbonyl (C=O) groups excluding carboxylic acids is 1. The Balaban J connectivity index is 1.45. The fourth-order valence-electron chi connectivity index (χ4n) is 3.26. The van der Waals surface area contributed by atoms with Crippen molar-refractivity contribution in [3.8, 4) is 17.2 Å². The van der Waals surface area contributed by atoms with Crippen LogP contribution in [0.25, 0.3) is 11.5 Å². The van der Waals surface area contributed by atoms with E-state index in [1.165, 1.54) is 38.4 Å². The molecule has 0 aliphatic heterocycles. The summed E-state index contributed by atoms with van der Waals surface area (Å²) in [4.78, 5) is 16.3. The average molecular weight is 343 g/mol. The van der Waals surface area contributed by atoms with Crippen LogP contribution in [0.5, 0.6) is 5.75 Å². The van der Waals surface area contributed by atoms with E-state index in [1.54, 1.807) is 7.11 Å². The Morgan fingerprint density at radius 2 is 1.96 bits per heavy atom. The summed E-state index contributed by atoms with van der Waals surface area (Å²) in [7, 11) is 1.63. The number of rotatable bonds is 7. The van der Waals surface area contributed by atoms with E-state index in [2.05, 4.69) is 4.98 Å². The number of ether oxygens (including phenoxy) is 2. The summed E-state index contributed by atoms with van der Waals surface area (Å²) in [5.41, 5.74) is 1.48. The van der Waals surface area contributed by atoms with Gasteiger partial charge in [-0.15, -0.1) is 0 Å². The predicted octanol–water partition coefficient (Wildman–Crippen LogP) is 4.75. The molecule has 0 saturated heterocycles. The van der Waals surface area contributed by atoms with Gasteiger partial charge in [0.05, 0.1) is 7.11 Å². The zero-order chi connectivity index (χ0) is 17.5. The van der Waals surface area contributed by atoms with E-state index < -0.39 is 0 Å². The zero-order valence-corrected chi connectivity index (χ0v) is 14.7. The number of methoxy groups -OCH3 is 1. The number of carbonyl (C=O) groups is 1. The Labute approximate surface area is 148 Å². The molecule has 1 aromatic heterocycles. The summed E-state index contributed by atoms with van der Waals surface area (Å²) < 4.78 is 15.9. The van der Waals surface area contributed by atoms with Gasteiger partial charge in [0, 0.05) is 12.0 Å². The van der Waals surface area contributed by atoms with Gasteiger partial charge in [0.2, 0.25) is 5.89 Å². The zero-order valence-electron chi connectivity index (χ0n) is 14.7. The van der Waals surface area contributed by atoms with Gasteiger partial charge in [0.25, 0.3) is 0 Å². The van der Waals surface area contributed by atoms with Crippen LogP contribution in [-0.4, -0.2) is 18.1 Å². The highest BCUT2D eigenvalue weighted by atomic mass is 16.5. The molecule has 1 aromatic carbocycles. The maximum absolute atomic E-state index is 11.9. The molecular weight excluding hydrogens is 318 g/mol. The second kappa shape index (κ2) is 8.70. The summed E-state index contributed by atoms with van der Waals surface area (Å²) in [5, 5.41) is 0. The standard InChI is InChI=1S/C20H25NO4/c1-23-18-10-8-16(9-11-18)20-21-17(14-25-20)13-24-19(22)12-7-15-5-3-2-4-6-15/h8-11,14-15H,2-7,12-13H2,1H3. The van der Waals surface area contributed by atoms with Gasteiger partial charge in [-0.1, -0.05) is 32.1 Å². The SMILES string of the molecule is COc1ccc(-c2nc(COC(=O)CCC3CCCCC3)co2)cc1. The third kappa shape index (κ3) is 5.08. The molecule has 1 aliphatic rings. The molecule has 1 aliphatic carbocycles. The first-order valence-corrected chi connectivity index (χ1v) is 8.99. The lowest BCUT2D eigenvalue weighted by Crippen LogP contribution is -2.11. The molecule has 1 heterocycles. The molecule has 5 heteroatoms. The molecule has 1 fully saturated rings. The molecular formula is C20H25NO4. The quantitative estimate of drug-likeness (QED) is 0.679. The van der Waals surface area contributed by atoms with Crippen molar-refractivity contribution in [1.29, 1.82) is 0 Å². The summed E-state index contributed by atoms with van der Waals surface area (Å²) in [6.45, 7) is 0.156. The molecule has 0 N–H and O–H groups in total. The van der Waals surface area contributed by atoms with Gasteiger partial charge >= 0.3 is 5.97 Å². The number of aromatic nitrogens is 1. The first kappa shape index (κ1) is 17.5. The molecule has 3 rings (SSSR count). The lowest BCUT2D eigenvalue weighted by molar-refractivity contribution is -0.145. The Morgan fingerprint density at radius 1 is 1.20 bits per heavy atom. The van der Waals surface area contributed by atoms with Crippen LogP contribution in [0, 0.1) is 5.92 Å². The van der Waals surface area contributed by atoms with Crippen molar-refractivity contribution in [1.82, 2.24) is 4.98 Å². The van der Waals surface area contributed by atoms with Gasteiger partial charge in [-0.25, -0.2) is 4.98 Å². The van der Waals surface area contributed by atoms with Crippen molar-refractivity contribution in [2.24, 2.45) is 5.92 Å². The molecule has 25 heavy (non-hydrogen) atoms. The molecule has 1 saturated carbocycles. The van der Waals surface area contributed by atoms with Gasteiger partial charge in [-0.3, -0.25) is 4.79 Å².